The van der Waals surface area contributed by atoms with Crippen LogP contribution in [0.1, 0.15) is 37.1 Å². The second-order valence-corrected chi connectivity index (χ2v) is 3.94. The van der Waals surface area contributed by atoms with Crippen LogP contribution < -0.4 is 5.32 Å². The van der Waals surface area contributed by atoms with E-state index in [2.05, 4.69) is 10.3 Å². The molecule has 0 bridgehead atoms. The zero-order valence-electron chi connectivity index (χ0n) is 10.4. The number of nitrogens with zero attached hydrogens (tertiary/aromatic N) is 2. The first-order valence-corrected chi connectivity index (χ1v) is 5.68. The molecular formula is C12H17N3O2. The van der Waals surface area contributed by atoms with Crippen molar-refractivity contribution >= 4 is 5.91 Å². The van der Waals surface area contributed by atoms with Crippen molar-refractivity contribution in [1.82, 2.24) is 10.3 Å². The van der Waals surface area contributed by atoms with E-state index in [1.165, 1.54) is 0 Å². The third kappa shape index (κ3) is 3.59. The lowest BCUT2D eigenvalue weighted by Crippen LogP contribution is -2.29. The first kappa shape index (κ1) is 13.2. The number of hydrogen-bond acceptors (Lipinski definition) is 4. The Labute approximate surface area is 101 Å². The molecule has 0 aliphatic heterocycles. The molecule has 92 valence electrons. The predicted octanol–water partition coefficient (Wildman–Crippen LogP) is 1.85. The number of amides is 1. The van der Waals surface area contributed by atoms with Gasteiger partial charge in [-0.15, -0.1) is 0 Å². The highest BCUT2D eigenvalue weighted by Gasteiger charge is 2.17. The molecule has 1 heterocycles. The summed E-state index contributed by atoms with van der Waals surface area (Å²) >= 11 is 0. The van der Waals surface area contributed by atoms with Gasteiger partial charge in [0.25, 0.3) is 0 Å². The molecule has 1 amide bonds. The topological polar surface area (TPSA) is 78.9 Å². The fourth-order valence-electron chi connectivity index (χ4n) is 1.44. The fraction of sp³-hybridized carbons (Fsp3) is 0.583. The average Bonchev–Trinajstić information content (AvgIpc) is 2.62. The first-order chi connectivity index (χ1) is 8.08. The smallest absolute Gasteiger partial charge is 0.237 e. The van der Waals surface area contributed by atoms with Gasteiger partial charge in [-0.2, -0.15) is 5.26 Å². The second kappa shape index (κ2) is 6.04. The van der Waals surface area contributed by atoms with Crippen LogP contribution in [0.3, 0.4) is 0 Å². The lowest BCUT2D eigenvalue weighted by atomic mass is 10.1. The molecule has 0 spiro atoms. The number of oxazole rings is 1. The maximum atomic E-state index is 11.6. The number of nitriles is 1. The quantitative estimate of drug-likeness (QED) is 0.844. The van der Waals surface area contributed by atoms with Gasteiger partial charge in [0.05, 0.1) is 18.3 Å². The summed E-state index contributed by atoms with van der Waals surface area (Å²) in [7, 11) is 0. The molecule has 1 atom stereocenters. The minimum absolute atomic E-state index is 0.232. The molecule has 17 heavy (non-hydrogen) atoms. The van der Waals surface area contributed by atoms with Crippen LogP contribution in [0.5, 0.6) is 0 Å². The summed E-state index contributed by atoms with van der Waals surface area (Å²) in [5.74, 6) is 0.376. The number of hydrogen-bond donors (Lipinski definition) is 1. The Kier molecular flexibility index (Phi) is 4.70. The number of rotatable bonds is 5. The Hall–Kier alpha value is -1.83. The van der Waals surface area contributed by atoms with E-state index in [0.717, 1.165) is 17.9 Å². The van der Waals surface area contributed by atoms with E-state index in [-0.39, 0.29) is 12.5 Å². The van der Waals surface area contributed by atoms with E-state index in [9.17, 15) is 4.79 Å². The molecule has 0 fully saturated rings. The summed E-state index contributed by atoms with van der Waals surface area (Å²) < 4.78 is 5.33. The third-order valence-corrected chi connectivity index (χ3v) is 2.54. The third-order valence-electron chi connectivity index (χ3n) is 2.54. The molecule has 1 aromatic heterocycles. The van der Waals surface area contributed by atoms with E-state index in [1.54, 1.807) is 0 Å². The van der Waals surface area contributed by atoms with Crippen molar-refractivity contribution in [3.63, 3.8) is 0 Å². The Balaban J connectivity index is 2.50. The molecule has 0 aliphatic rings. The minimum atomic E-state index is -0.586. The molecule has 5 heteroatoms. The van der Waals surface area contributed by atoms with Gasteiger partial charge >= 0.3 is 0 Å². The van der Waals surface area contributed by atoms with Gasteiger partial charge < -0.3 is 9.73 Å². The summed E-state index contributed by atoms with van der Waals surface area (Å²) in [5.41, 5.74) is 0.819. The standard InChI is InChI=1S/C12H17N3O2/c1-4-5-10(6-13)12(16)14-7-11-15-8(2)9(3)17-11/h10H,4-5,7H2,1-3H3,(H,14,16). The predicted molar refractivity (Wildman–Crippen MR) is 61.8 cm³/mol. The average molecular weight is 235 g/mol. The van der Waals surface area contributed by atoms with Crippen molar-refractivity contribution < 1.29 is 9.21 Å². The molecule has 0 aromatic carbocycles. The van der Waals surface area contributed by atoms with Crippen LogP contribution in [0.2, 0.25) is 0 Å². The minimum Gasteiger partial charge on any atom is -0.444 e. The highest BCUT2D eigenvalue weighted by Crippen LogP contribution is 2.09. The van der Waals surface area contributed by atoms with E-state index in [4.69, 9.17) is 9.68 Å². The van der Waals surface area contributed by atoms with Gasteiger partial charge in [-0.25, -0.2) is 4.98 Å². The molecule has 1 aromatic rings. The summed E-state index contributed by atoms with van der Waals surface area (Å²) in [5, 5.41) is 11.5. The van der Waals surface area contributed by atoms with Gasteiger partial charge in [-0.05, 0) is 20.3 Å². The summed E-state index contributed by atoms with van der Waals surface area (Å²) in [6.07, 6.45) is 1.38. The Morgan fingerprint density at radius 1 is 1.59 bits per heavy atom. The number of nitrogens with one attached hydrogen (secondary N) is 1. The lowest BCUT2D eigenvalue weighted by Gasteiger charge is -2.07. The van der Waals surface area contributed by atoms with Crippen LogP contribution >= 0.6 is 0 Å². The van der Waals surface area contributed by atoms with Crippen LogP contribution in [0.4, 0.5) is 0 Å². The van der Waals surface area contributed by atoms with Crippen molar-refractivity contribution in [3.8, 4) is 6.07 Å². The van der Waals surface area contributed by atoms with Crippen molar-refractivity contribution in [3.05, 3.63) is 17.3 Å². The molecule has 0 radical (unpaired) electrons. The Bertz CT molecular complexity index is 412. The van der Waals surface area contributed by atoms with E-state index < -0.39 is 5.92 Å². The molecule has 0 saturated carbocycles. The molecule has 0 aliphatic carbocycles. The number of carbonyl (C=O) groups excluding carboxylic acids is 1. The largest absolute Gasteiger partial charge is 0.444 e. The number of aromatic nitrogens is 1. The summed E-state index contributed by atoms with van der Waals surface area (Å²) in [4.78, 5) is 15.8. The summed E-state index contributed by atoms with van der Waals surface area (Å²) in [6.45, 7) is 5.84. The highest BCUT2D eigenvalue weighted by molar-refractivity contribution is 5.80. The van der Waals surface area contributed by atoms with Crippen molar-refractivity contribution in [2.75, 3.05) is 0 Å². The van der Waals surface area contributed by atoms with Crippen LogP contribution in [0, 0.1) is 31.1 Å². The SMILES string of the molecule is CCCC(C#N)C(=O)NCc1nc(C)c(C)o1. The Morgan fingerprint density at radius 3 is 2.76 bits per heavy atom. The zero-order chi connectivity index (χ0) is 12.8. The van der Waals surface area contributed by atoms with Crippen molar-refractivity contribution in [2.24, 2.45) is 5.92 Å². The molecular weight excluding hydrogens is 218 g/mol. The monoisotopic (exact) mass is 235 g/mol. The van der Waals surface area contributed by atoms with Gasteiger partial charge in [0, 0.05) is 0 Å². The maximum absolute atomic E-state index is 11.6. The second-order valence-electron chi connectivity index (χ2n) is 3.94. The van der Waals surface area contributed by atoms with Crippen LogP contribution in [0.15, 0.2) is 4.42 Å². The normalized spacial score (nSPS) is 11.9. The fourth-order valence-corrected chi connectivity index (χ4v) is 1.44. The number of aryl methyl sites for hydroxylation is 2. The van der Waals surface area contributed by atoms with Gasteiger partial charge in [-0.1, -0.05) is 13.3 Å². The van der Waals surface area contributed by atoms with Crippen LogP contribution in [0.25, 0.3) is 0 Å². The van der Waals surface area contributed by atoms with Gasteiger partial charge in [0.15, 0.2) is 0 Å². The first-order valence-electron chi connectivity index (χ1n) is 5.68. The van der Waals surface area contributed by atoms with Gasteiger partial charge in [0.2, 0.25) is 11.8 Å². The van der Waals surface area contributed by atoms with Gasteiger partial charge in [-0.3, -0.25) is 4.79 Å². The summed E-state index contributed by atoms with van der Waals surface area (Å²) in [6, 6.07) is 1.99. The number of carbonyl (C=O) groups is 1. The van der Waals surface area contributed by atoms with Gasteiger partial charge in [0.1, 0.15) is 11.7 Å². The van der Waals surface area contributed by atoms with Crippen LogP contribution in [-0.4, -0.2) is 10.9 Å². The molecule has 5 nitrogen and oxygen atoms in total. The Morgan fingerprint density at radius 2 is 2.29 bits per heavy atom. The molecule has 1 rings (SSSR count). The maximum Gasteiger partial charge on any atom is 0.237 e. The van der Waals surface area contributed by atoms with Crippen molar-refractivity contribution in [2.45, 2.75) is 40.2 Å². The van der Waals surface area contributed by atoms with Crippen molar-refractivity contribution in [1.29, 1.82) is 5.26 Å². The molecule has 1 unspecified atom stereocenters. The highest BCUT2D eigenvalue weighted by atomic mass is 16.4. The van der Waals surface area contributed by atoms with Crippen LogP contribution in [-0.2, 0) is 11.3 Å². The van der Waals surface area contributed by atoms with E-state index in [0.29, 0.717) is 12.3 Å². The molecule has 1 N–H and O–H groups in total. The van der Waals surface area contributed by atoms with E-state index >= 15 is 0 Å². The zero-order valence-corrected chi connectivity index (χ0v) is 10.4. The lowest BCUT2D eigenvalue weighted by molar-refractivity contribution is -0.123. The molecule has 0 saturated heterocycles. The van der Waals surface area contributed by atoms with E-state index in [1.807, 2.05) is 26.8 Å².